The molecule has 0 spiro atoms. The van der Waals surface area contributed by atoms with Crippen LogP contribution in [0.25, 0.3) is 11.3 Å². The summed E-state index contributed by atoms with van der Waals surface area (Å²) in [4.78, 5) is 37.5. The van der Waals surface area contributed by atoms with Gasteiger partial charge in [0, 0.05) is 62.3 Å². The number of carbonyl (C=O) groups is 2. The highest BCUT2D eigenvalue weighted by molar-refractivity contribution is 9.10. The van der Waals surface area contributed by atoms with Crippen LogP contribution in [0.3, 0.4) is 0 Å². The highest BCUT2D eigenvalue weighted by Crippen LogP contribution is 2.30. The third-order valence-electron chi connectivity index (χ3n) is 7.59. The summed E-state index contributed by atoms with van der Waals surface area (Å²) in [6, 6.07) is 12.2. The van der Waals surface area contributed by atoms with Crippen LogP contribution >= 0.6 is 15.9 Å². The van der Waals surface area contributed by atoms with E-state index in [1.54, 1.807) is 13.1 Å². The molecule has 2 aliphatic rings. The lowest BCUT2D eigenvalue weighted by molar-refractivity contribution is -0.119. The maximum Gasteiger partial charge on any atom is 0.407 e. The molecule has 4 heterocycles. The number of ether oxygens (including phenoxy) is 1. The van der Waals surface area contributed by atoms with Crippen molar-refractivity contribution in [1.82, 2.24) is 25.1 Å². The predicted molar refractivity (Wildman–Crippen MR) is 160 cm³/mol. The monoisotopic (exact) mass is 640 g/mol. The van der Waals surface area contributed by atoms with E-state index >= 15 is 0 Å². The molecule has 2 saturated heterocycles. The van der Waals surface area contributed by atoms with E-state index in [1.165, 1.54) is 17.0 Å². The van der Waals surface area contributed by atoms with Crippen LogP contribution in [0.2, 0.25) is 0 Å². The molecule has 2 N–H and O–H groups in total. The molecule has 42 heavy (non-hydrogen) atoms. The Balaban J connectivity index is 1.31. The zero-order chi connectivity index (χ0) is 29.6. The van der Waals surface area contributed by atoms with Gasteiger partial charge in [-0.25, -0.2) is 19.2 Å². The molecule has 0 atom stereocenters. The Bertz CT molecular complexity index is 1390. The van der Waals surface area contributed by atoms with Gasteiger partial charge in [0.1, 0.15) is 17.4 Å². The van der Waals surface area contributed by atoms with Gasteiger partial charge in [-0.15, -0.1) is 0 Å². The maximum atomic E-state index is 14.3. The molecular weight excluding hydrogens is 607 g/mol. The minimum atomic E-state index is -0.905. The van der Waals surface area contributed by atoms with Gasteiger partial charge in [-0.2, -0.15) is 0 Å². The molecule has 0 unspecified atom stereocenters. The van der Waals surface area contributed by atoms with Crippen molar-refractivity contribution >= 4 is 33.7 Å². The molecule has 0 aliphatic carbocycles. The van der Waals surface area contributed by atoms with E-state index in [0.29, 0.717) is 72.5 Å². The topological polar surface area (TPSA) is 111 Å². The quantitative estimate of drug-likeness (QED) is 0.354. The average molecular weight is 642 g/mol. The van der Waals surface area contributed by atoms with E-state index in [0.717, 1.165) is 37.3 Å². The summed E-state index contributed by atoms with van der Waals surface area (Å²) in [5.41, 5.74) is 2.23. The molecule has 10 nitrogen and oxygen atoms in total. The Hall–Kier alpha value is -3.77. The maximum absolute atomic E-state index is 14.3. The van der Waals surface area contributed by atoms with E-state index in [2.05, 4.69) is 31.1 Å². The molecule has 2 amide bonds. The fourth-order valence-electron chi connectivity index (χ4n) is 5.31. The van der Waals surface area contributed by atoms with Crippen LogP contribution in [0.15, 0.2) is 53.1 Å². The average Bonchev–Trinajstić information content (AvgIpc) is 2.96. The number of carboxylic acid groups (broad SMARTS) is 1. The summed E-state index contributed by atoms with van der Waals surface area (Å²) in [7, 11) is 0. The molecule has 0 saturated carbocycles. The summed E-state index contributed by atoms with van der Waals surface area (Å²) in [6.45, 7) is 6.76. The van der Waals surface area contributed by atoms with Gasteiger partial charge in [-0.3, -0.25) is 9.69 Å². The second-order valence-electron chi connectivity index (χ2n) is 10.7. The number of nitrogens with zero attached hydrogens (tertiary/aromatic N) is 5. The lowest BCUT2D eigenvalue weighted by atomic mass is 9.96. The van der Waals surface area contributed by atoms with Gasteiger partial charge in [0.2, 0.25) is 11.8 Å². The highest BCUT2D eigenvalue weighted by atomic mass is 79.9. The summed E-state index contributed by atoms with van der Waals surface area (Å²) in [5.74, 6) is 1.76. The first kappa shape index (κ1) is 29.7. The van der Waals surface area contributed by atoms with Crippen LogP contribution in [0.4, 0.5) is 15.0 Å². The first-order valence-corrected chi connectivity index (χ1v) is 14.8. The number of hydrogen-bond donors (Lipinski definition) is 2. The van der Waals surface area contributed by atoms with Crippen molar-refractivity contribution in [3.8, 4) is 22.9 Å². The van der Waals surface area contributed by atoms with Crippen LogP contribution in [-0.4, -0.2) is 82.7 Å². The van der Waals surface area contributed by atoms with Crippen LogP contribution in [-0.2, 0) is 11.3 Å². The van der Waals surface area contributed by atoms with Crippen molar-refractivity contribution in [2.24, 2.45) is 5.92 Å². The predicted octanol–water partition coefficient (Wildman–Crippen LogP) is 4.99. The minimum absolute atomic E-state index is 0.00155. The number of halogens is 2. The largest absolute Gasteiger partial charge is 0.465 e. The number of likely N-dealkylation sites (tertiary alicyclic amines) is 1. The van der Waals surface area contributed by atoms with Gasteiger partial charge in [0.25, 0.3) is 0 Å². The Kier molecular flexibility index (Phi) is 9.53. The number of piperazine rings is 1. The molecule has 5 rings (SSSR count). The van der Waals surface area contributed by atoms with Gasteiger partial charge in [0.15, 0.2) is 0 Å². The smallest absolute Gasteiger partial charge is 0.407 e. The number of benzene rings is 1. The van der Waals surface area contributed by atoms with Gasteiger partial charge in [-0.05, 0) is 73.8 Å². The van der Waals surface area contributed by atoms with E-state index in [-0.39, 0.29) is 11.7 Å². The number of piperidine rings is 1. The van der Waals surface area contributed by atoms with Crippen LogP contribution in [0, 0.1) is 11.7 Å². The first-order valence-electron chi connectivity index (χ1n) is 14.0. The first-order chi connectivity index (χ1) is 20.2. The molecule has 2 fully saturated rings. The van der Waals surface area contributed by atoms with Gasteiger partial charge in [0.05, 0.1) is 11.9 Å². The van der Waals surface area contributed by atoms with E-state index in [9.17, 15) is 19.1 Å². The number of aromatic nitrogens is 2. The lowest BCUT2D eigenvalue weighted by Gasteiger charge is -2.33. The summed E-state index contributed by atoms with van der Waals surface area (Å²) in [6.07, 6.45) is 2.73. The number of rotatable bonds is 8. The van der Waals surface area contributed by atoms with Crippen LogP contribution in [0.5, 0.6) is 11.6 Å². The summed E-state index contributed by atoms with van der Waals surface area (Å²) >= 11 is 3.38. The molecule has 1 aromatic carbocycles. The van der Waals surface area contributed by atoms with Gasteiger partial charge < -0.3 is 25.0 Å². The van der Waals surface area contributed by atoms with Crippen LogP contribution in [0.1, 0.15) is 25.3 Å². The summed E-state index contributed by atoms with van der Waals surface area (Å²) < 4.78 is 21.0. The fourth-order valence-corrected chi connectivity index (χ4v) is 5.78. The minimum Gasteiger partial charge on any atom is -0.465 e. The molecule has 2 aromatic heterocycles. The van der Waals surface area contributed by atoms with E-state index < -0.39 is 6.09 Å². The number of anilines is 1. The Morgan fingerprint density at radius 3 is 2.48 bits per heavy atom. The lowest BCUT2D eigenvalue weighted by Crippen LogP contribution is -2.48. The zero-order valence-electron chi connectivity index (χ0n) is 23.4. The number of amides is 2. The van der Waals surface area contributed by atoms with Gasteiger partial charge >= 0.3 is 6.09 Å². The van der Waals surface area contributed by atoms with E-state index in [4.69, 9.17) is 9.72 Å². The molecule has 0 radical (unpaired) electrons. The molecule has 12 heteroatoms. The van der Waals surface area contributed by atoms with Crippen molar-refractivity contribution in [2.75, 3.05) is 50.7 Å². The van der Waals surface area contributed by atoms with Crippen molar-refractivity contribution < 1.29 is 23.8 Å². The molecular formula is C30H34BrFN6O4. The standard InChI is InChI=1S/C30H34BrFN6O4/c1-20(39)33-17-21-4-6-36(7-5-21)19-22-12-27(23-14-24(31)16-25(32)15-23)35-29(13-22)42-26-2-3-28(34-18-26)37-8-10-38(11-9-37)30(40)41/h2-3,12-16,18,21H,4-11,17,19H2,1H3,(H,33,39)(H,40,41). The van der Waals surface area contributed by atoms with Crippen molar-refractivity contribution in [2.45, 2.75) is 26.3 Å². The number of hydrogen-bond acceptors (Lipinski definition) is 7. The number of carbonyl (C=O) groups excluding carboxylic acids is 1. The third-order valence-corrected chi connectivity index (χ3v) is 8.05. The zero-order valence-corrected chi connectivity index (χ0v) is 25.0. The second kappa shape index (κ2) is 13.5. The normalized spacial score (nSPS) is 16.4. The third kappa shape index (κ3) is 7.95. The van der Waals surface area contributed by atoms with Crippen LogP contribution < -0.4 is 15.0 Å². The Morgan fingerprint density at radius 2 is 1.83 bits per heavy atom. The molecule has 222 valence electrons. The SMILES string of the molecule is CC(=O)NCC1CCN(Cc2cc(Oc3ccc(N4CCN(C(=O)O)CC4)nc3)nc(-c3cc(F)cc(Br)c3)c2)CC1. The Labute approximate surface area is 252 Å². The molecule has 0 bridgehead atoms. The highest BCUT2D eigenvalue weighted by Gasteiger charge is 2.22. The Morgan fingerprint density at radius 1 is 1.07 bits per heavy atom. The molecule has 3 aromatic rings. The summed E-state index contributed by atoms with van der Waals surface area (Å²) in [5, 5.41) is 12.1. The van der Waals surface area contributed by atoms with Crippen molar-refractivity contribution in [3.05, 3.63) is 64.5 Å². The number of pyridine rings is 2. The molecule has 2 aliphatic heterocycles. The van der Waals surface area contributed by atoms with Crippen molar-refractivity contribution in [3.63, 3.8) is 0 Å². The van der Waals surface area contributed by atoms with E-state index in [1.807, 2.05) is 35.2 Å². The van der Waals surface area contributed by atoms with Crippen molar-refractivity contribution in [1.29, 1.82) is 0 Å². The number of nitrogens with one attached hydrogen (secondary N) is 1. The van der Waals surface area contributed by atoms with Gasteiger partial charge in [-0.1, -0.05) is 15.9 Å². The fraction of sp³-hybridized carbons (Fsp3) is 0.400. The second-order valence-corrected chi connectivity index (χ2v) is 11.6.